The molecule has 0 aromatic carbocycles. The zero-order chi connectivity index (χ0) is 27.3. The van der Waals surface area contributed by atoms with Crippen LogP contribution in [0.5, 0.6) is 0 Å². The van der Waals surface area contributed by atoms with Crippen molar-refractivity contribution >= 4 is 18.0 Å². The van der Waals surface area contributed by atoms with Gasteiger partial charge in [0, 0.05) is 33.3 Å². The smallest absolute Gasteiger partial charge is 0.414 e. The molecule has 0 spiro atoms. The number of carbonyl (C=O) groups excluding carboxylic acids is 2. The molecule has 0 aromatic rings. The molecule has 0 unspecified atom stereocenters. The van der Waals surface area contributed by atoms with E-state index < -0.39 is 17.7 Å². The molecule has 0 radical (unpaired) electrons. The van der Waals surface area contributed by atoms with Crippen molar-refractivity contribution in [2.75, 3.05) is 66.3 Å². The normalized spacial score (nSPS) is 19.6. The zero-order valence-electron chi connectivity index (χ0n) is 23.3. The summed E-state index contributed by atoms with van der Waals surface area (Å²) in [5, 5.41) is 15.8. The first-order valence-corrected chi connectivity index (χ1v) is 13.4. The zero-order valence-corrected chi connectivity index (χ0v) is 23.3. The predicted octanol–water partition coefficient (Wildman–Crippen LogP) is 2.13. The third-order valence-corrected chi connectivity index (χ3v) is 6.62. The summed E-state index contributed by atoms with van der Waals surface area (Å²) >= 11 is 0. The van der Waals surface area contributed by atoms with E-state index in [2.05, 4.69) is 49.3 Å². The van der Waals surface area contributed by atoms with Gasteiger partial charge in [0.1, 0.15) is 18.2 Å². The lowest BCUT2D eigenvalue weighted by Crippen LogP contribution is -2.57. The Morgan fingerprint density at radius 1 is 1.16 bits per heavy atom. The molecule has 0 aromatic heterocycles. The first-order chi connectivity index (χ1) is 17.6. The predicted molar refractivity (Wildman–Crippen MR) is 141 cm³/mol. The summed E-state index contributed by atoms with van der Waals surface area (Å²) in [6.07, 6.45) is 2.77. The van der Waals surface area contributed by atoms with Gasteiger partial charge in [0.05, 0.1) is 25.9 Å². The van der Waals surface area contributed by atoms with Crippen LogP contribution < -0.4 is 10.6 Å². The van der Waals surface area contributed by atoms with E-state index in [0.29, 0.717) is 45.6 Å². The molecule has 2 aliphatic rings. The molecule has 11 heteroatoms. The standard InChI is InChI=1S/C26H46N6O5/c1-6-11-31-12-9-26(20-27,10-13-31)30-22(33)21(7-8-25(2,3)4)28-23(32-14-16-36-17-15-32)29-24(34)37-19-18-35-5/h21H,6-19H2,1-5H3,(H,30,33)(H,28,29,34)/t21-/m0/s1. The largest absolute Gasteiger partial charge is 0.447 e. The van der Waals surface area contributed by atoms with Crippen LogP contribution in [0, 0.1) is 16.7 Å². The SMILES string of the molecule is CCCN1CCC(C#N)(NC(=O)[C@H](CCC(C)(C)C)N=C(NC(=O)OCCOC)N2CCOCC2)CC1. The number of guanidine groups is 1. The Morgan fingerprint density at radius 3 is 2.41 bits per heavy atom. The molecule has 2 N–H and O–H groups in total. The quantitative estimate of drug-likeness (QED) is 0.254. The Kier molecular flexibility index (Phi) is 12.6. The van der Waals surface area contributed by atoms with Gasteiger partial charge in [-0.05, 0) is 44.1 Å². The van der Waals surface area contributed by atoms with Gasteiger partial charge >= 0.3 is 6.09 Å². The highest BCUT2D eigenvalue weighted by atomic mass is 16.6. The number of rotatable bonds is 10. The lowest BCUT2D eigenvalue weighted by atomic mass is 9.86. The molecular formula is C26H46N6O5. The van der Waals surface area contributed by atoms with Crippen LogP contribution in [-0.4, -0.2) is 106 Å². The van der Waals surface area contributed by atoms with Crippen molar-refractivity contribution in [2.24, 2.45) is 10.4 Å². The van der Waals surface area contributed by atoms with Gasteiger partial charge in [-0.1, -0.05) is 27.7 Å². The topological polar surface area (TPSA) is 129 Å². The van der Waals surface area contributed by atoms with E-state index in [1.807, 2.05) is 4.90 Å². The molecule has 0 saturated carbocycles. The third kappa shape index (κ3) is 10.8. The number of amides is 2. The van der Waals surface area contributed by atoms with Crippen molar-refractivity contribution in [3.8, 4) is 6.07 Å². The summed E-state index contributed by atoms with van der Waals surface area (Å²) in [7, 11) is 1.53. The number of nitrogens with one attached hydrogen (secondary N) is 2. The summed E-state index contributed by atoms with van der Waals surface area (Å²) in [6.45, 7) is 13.4. The van der Waals surface area contributed by atoms with Crippen molar-refractivity contribution in [1.82, 2.24) is 20.4 Å². The lowest BCUT2D eigenvalue weighted by molar-refractivity contribution is -0.124. The van der Waals surface area contributed by atoms with Gasteiger partial charge < -0.3 is 29.3 Å². The highest BCUT2D eigenvalue weighted by Crippen LogP contribution is 2.25. The van der Waals surface area contributed by atoms with Crippen LogP contribution in [0.25, 0.3) is 0 Å². The van der Waals surface area contributed by atoms with Crippen LogP contribution >= 0.6 is 0 Å². The number of morpholine rings is 1. The fourth-order valence-corrected chi connectivity index (χ4v) is 4.34. The highest BCUT2D eigenvalue weighted by Gasteiger charge is 2.38. The van der Waals surface area contributed by atoms with Crippen molar-refractivity contribution < 1.29 is 23.8 Å². The Balaban J connectivity index is 2.25. The van der Waals surface area contributed by atoms with E-state index in [-0.39, 0.29) is 30.5 Å². The maximum atomic E-state index is 13.6. The number of likely N-dealkylation sites (tertiary alicyclic amines) is 1. The average molecular weight is 523 g/mol. The summed E-state index contributed by atoms with van der Waals surface area (Å²) in [5.41, 5.74) is -0.930. The first kappa shape index (κ1) is 30.8. The highest BCUT2D eigenvalue weighted by molar-refractivity contribution is 5.96. The Bertz CT molecular complexity index is 792. The Hall–Kier alpha value is -2.42. The van der Waals surface area contributed by atoms with Crippen molar-refractivity contribution in [1.29, 1.82) is 5.26 Å². The molecule has 1 atom stereocenters. The second kappa shape index (κ2) is 15.1. The Morgan fingerprint density at radius 2 is 1.84 bits per heavy atom. The van der Waals surface area contributed by atoms with Crippen molar-refractivity contribution in [2.45, 2.75) is 71.4 Å². The number of hydrogen-bond donors (Lipinski definition) is 2. The molecule has 2 rings (SSSR count). The molecule has 2 heterocycles. The van der Waals surface area contributed by atoms with Crippen molar-refractivity contribution in [3.63, 3.8) is 0 Å². The minimum atomic E-state index is -0.914. The fourth-order valence-electron chi connectivity index (χ4n) is 4.34. The van der Waals surface area contributed by atoms with Gasteiger partial charge in [-0.15, -0.1) is 0 Å². The average Bonchev–Trinajstić information content (AvgIpc) is 2.87. The van der Waals surface area contributed by atoms with E-state index >= 15 is 0 Å². The molecule has 37 heavy (non-hydrogen) atoms. The van der Waals surface area contributed by atoms with Crippen LogP contribution in [0.2, 0.25) is 0 Å². The van der Waals surface area contributed by atoms with Crippen molar-refractivity contribution in [3.05, 3.63) is 0 Å². The number of carbonyl (C=O) groups is 2. The number of piperidine rings is 1. The number of ether oxygens (including phenoxy) is 3. The van der Waals surface area contributed by atoms with Gasteiger partial charge in [0.2, 0.25) is 11.9 Å². The molecule has 2 amide bonds. The molecule has 11 nitrogen and oxygen atoms in total. The second-order valence-corrected chi connectivity index (χ2v) is 10.9. The van der Waals surface area contributed by atoms with E-state index in [4.69, 9.17) is 19.2 Å². The fraction of sp³-hybridized carbons (Fsp3) is 0.846. The minimum absolute atomic E-state index is 0.0158. The summed E-state index contributed by atoms with van der Waals surface area (Å²) in [6, 6.07) is 1.61. The lowest BCUT2D eigenvalue weighted by Gasteiger charge is -2.38. The summed E-state index contributed by atoms with van der Waals surface area (Å²) < 4.78 is 15.6. The van der Waals surface area contributed by atoms with Gasteiger partial charge in [-0.2, -0.15) is 5.26 Å². The van der Waals surface area contributed by atoms with Crippen LogP contribution in [0.3, 0.4) is 0 Å². The van der Waals surface area contributed by atoms with Gasteiger partial charge in [-0.25, -0.2) is 9.79 Å². The number of nitrogens with zero attached hydrogens (tertiary/aromatic N) is 4. The molecule has 2 saturated heterocycles. The monoisotopic (exact) mass is 522 g/mol. The van der Waals surface area contributed by atoms with Crippen LogP contribution in [0.1, 0.15) is 59.8 Å². The van der Waals surface area contributed by atoms with Gasteiger partial charge in [0.25, 0.3) is 0 Å². The van der Waals surface area contributed by atoms with E-state index in [1.54, 1.807) is 0 Å². The molecule has 2 fully saturated rings. The maximum absolute atomic E-state index is 13.6. The molecule has 2 aliphatic heterocycles. The van der Waals surface area contributed by atoms with E-state index in [0.717, 1.165) is 32.5 Å². The molecule has 210 valence electrons. The number of aliphatic imine (C=N–C) groups is 1. The summed E-state index contributed by atoms with van der Waals surface area (Å²) in [5.74, 6) is -0.0152. The number of alkyl carbamates (subject to hydrolysis) is 1. The van der Waals surface area contributed by atoms with Gasteiger partial charge in [0.15, 0.2) is 0 Å². The molecule has 0 bridgehead atoms. The van der Waals surface area contributed by atoms with Crippen LogP contribution in [0.4, 0.5) is 4.79 Å². The molecular weight excluding hydrogens is 476 g/mol. The van der Waals surface area contributed by atoms with Crippen LogP contribution in [0.15, 0.2) is 4.99 Å². The number of methoxy groups -OCH3 is 1. The first-order valence-electron chi connectivity index (χ1n) is 13.4. The summed E-state index contributed by atoms with van der Waals surface area (Å²) in [4.78, 5) is 35.1. The number of hydrogen-bond acceptors (Lipinski definition) is 8. The van der Waals surface area contributed by atoms with E-state index in [9.17, 15) is 14.9 Å². The number of nitriles is 1. The third-order valence-electron chi connectivity index (χ3n) is 6.62. The van der Waals surface area contributed by atoms with Gasteiger partial charge in [-0.3, -0.25) is 10.1 Å². The minimum Gasteiger partial charge on any atom is -0.447 e. The second-order valence-electron chi connectivity index (χ2n) is 10.9. The van der Waals surface area contributed by atoms with Crippen LogP contribution in [-0.2, 0) is 19.0 Å². The molecule has 0 aliphatic carbocycles. The Labute approximate surface area is 221 Å². The van der Waals surface area contributed by atoms with E-state index in [1.165, 1.54) is 7.11 Å². The maximum Gasteiger partial charge on any atom is 0.414 e.